The standard InChI is InChI=1S/C15H19NO4/c1-2-10-3-8-14(17)13(9-10)15(18)11-4-6-12(7-5-11)16(19)20/h4-7,10,13,15,18H,2-3,8-9H2,1H3/t10-,13+,15-/m0/s1. The molecule has 0 saturated heterocycles. The number of hydrogen-bond donors (Lipinski definition) is 1. The Labute approximate surface area is 117 Å². The van der Waals surface area contributed by atoms with Crippen molar-refractivity contribution in [2.24, 2.45) is 11.8 Å². The first kappa shape index (κ1) is 14.7. The Kier molecular flexibility index (Phi) is 4.49. The van der Waals surface area contributed by atoms with Crippen LogP contribution in [0.5, 0.6) is 0 Å². The maximum absolute atomic E-state index is 12.0. The van der Waals surface area contributed by atoms with E-state index in [-0.39, 0.29) is 17.4 Å². The summed E-state index contributed by atoms with van der Waals surface area (Å²) in [5.74, 6) is 0.195. The second kappa shape index (κ2) is 6.13. The Morgan fingerprint density at radius 2 is 2.05 bits per heavy atom. The van der Waals surface area contributed by atoms with E-state index in [9.17, 15) is 20.0 Å². The smallest absolute Gasteiger partial charge is 0.269 e. The highest BCUT2D eigenvalue weighted by Crippen LogP contribution is 2.36. The average molecular weight is 277 g/mol. The molecule has 0 aromatic heterocycles. The number of nitro benzene ring substituents is 1. The van der Waals surface area contributed by atoms with E-state index < -0.39 is 11.0 Å². The minimum atomic E-state index is -0.863. The quantitative estimate of drug-likeness (QED) is 0.677. The van der Waals surface area contributed by atoms with E-state index in [0.717, 1.165) is 12.8 Å². The van der Waals surface area contributed by atoms with Crippen molar-refractivity contribution in [3.8, 4) is 0 Å². The summed E-state index contributed by atoms with van der Waals surface area (Å²) in [6, 6.07) is 5.80. The largest absolute Gasteiger partial charge is 0.388 e. The zero-order valence-corrected chi connectivity index (χ0v) is 11.5. The molecular formula is C15H19NO4. The van der Waals surface area contributed by atoms with Crippen LogP contribution in [-0.2, 0) is 4.79 Å². The first-order valence-corrected chi connectivity index (χ1v) is 6.98. The van der Waals surface area contributed by atoms with Gasteiger partial charge >= 0.3 is 0 Å². The van der Waals surface area contributed by atoms with Gasteiger partial charge in [-0.2, -0.15) is 0 Å². The predicted molar refractivity (Wildman–Crippen MR) is 74.2 cm³/mol. The van der Waals surface area contributed by atoms with Crippen molar-refractivity contribution in [3.63, 3.8) is 0 Å². The molecule has 5 heteroatoms. The van der Waals surface area contributed by atoms with Crippen LogP contribution in [0.2, 0.25) is 0 Å². The summed E-state index contributed by atoms with van der Waals surface area (Å²) in [6.07, 6.45) is 2.27. The molecule has 1 N–H and O–H groups in total. The van der Waals surface area contributed by atoms with Crippen molar-refractivity contribution in [3.05, 3.63) is 39.9 Å². The van der Waals surface area contributed by atoms with Gasteiger partial charge in [-0.3, -0.25) is 14.9 Å². The zero-order chi connectivity index (χ0) is 14.7. The van der Waals surface area contributed by atoms with E-state index in [1.54, 1.807) is 0 Å². The summed E-state index contributed by atoms with van der Waals surface area (Å²) in [6.45, 7) is 2.09. The maximum Gasteiger partial charge on any atom is 0.269 e. The van der Waals surface area contributed by atoms with Crippen molar-refractivity contribution in [2.45, 2.75) is 38.7 Å². The van der Waals surface area contributed by atoms with Crippen molar-refractivity contribution in [2.75, 3.05) is 0 Å². The van der Waals surface area contributed by atoms with Gasteiger partial charge in [-0.05, 0) is 36.5 Å². The van der Waals surface area contributed by atoms with Gasteiger partial charge in [-0.15, -0.1) is 0 Å². The van der Waals surface area contributed by atoms with Crippen molar-refractivity contribution >= 4 is 11.5 Å². The van der Waals surface area contributed by atoms with Crippen LogP contribution in [0, 0.1) is 22.0 Å². The number of rotatable bonds is 4. The number of carbonyl (C=O) groups excluding carboxylic acids is 1. The number of benzene rings is 1. The van der Waals surface area contributed by atoms with E-state index in [1.165, 1.54) is 24.3 Å². The molecule has 1 aromatic rings. The fourth-order valence-electron chi connectivity index (χ4n) is 2.84. The lowest BCUT2D eigenvalue weighted by Crippen LogP contribution is -2.29. The first-order chi connectivity index (χ1) is 9.52. The predicted octanol–water partition coefficient (Wildman–Crippen LogP) is 3.02. The Balaban J connectivity index is 2.14. The number of Topliss-reactive ketones (excluding diaryl/α,β-unsaturated/α-hetero) is 1. The molecule has 0 spiro atoms. The lowest BCUT2D eigenvalue weighted by molar-refractivity contribution is -0.384. The molecule has 0 heterocycles. The molecular weight excluding hydrogens is 258 g/mol. The van der Waals surface area contributed by atoms with E-state index in [0.29, 0.717) is 24.3 Å². The topological polar surface area (TPSA) is 80.4 Å². The van der Waals surface area contributed by atoms with E-state index in [1.807, 2.05) is 0 Å². The molecule has 3 atom stereocenters. The molecule has 0 aliphatic heterocycles. The number of carbonyl (C=O) groups is 1. The maximum atomic E-state index is 12.0. The fourth-order valence-corrected chi connectivity index (χ4v) is 2.84. The Morgan fingerprint density at radius 3 is 2.60 bits per heavy atom. The Bertz CT molecular complexity index is 497. The monoisotopic (exact) mass is 277 g/mol. The van der Waals surface area contributed by atoms with Crippen LogP contribution in [-0.4, -0.2) is 15.8 Å². The van der Waals surface area contributed by atoms with Crippen LogP contribution in [0.1, 0.15) is 44.3 Å². The first-order valence-electron chi connectivity index (χ1n) is 6.98. The molecule has 1 aliphatic rings. The average Bonchev–Trinajstić information content (AvgIpc) is 2.47. The number of non-ortho nitro benzene ring substituents is 1. The number of nitro groups is 1. The third kappa shape index (κ3) is 3.04. The lowest BCUT2D eigenvalue weighted by Gasteiger charge is -2.30. The Morgan fingerprint density at radius 1 is 1.40 bits per heavy atom. The molecule has 0 amide bonds. The number of hydrogen-bond acceptors (Lipinski definition) is 4. The minimum Gasteiger partial charge on any atom is -0.388 e. The summed E-state index contributed by atoms with van der Waals surface area (Å²) < 4.78 is 0. The molecule has 2 rings (SSSR count). The van der Waals surface area contributed by atoms with Gasteiger partial charge in [0.15, 0.2) is 0 Å². The third-order valence-corrected chi connectivity index (χ3v) is 4.20. The zero-order valence-electron chi connectivity index (χ0n) is 11.5. The highest BCUT2D eigenvalue weighted by atomic mass is 16.6. The summed E-state index contributed by atoms with van der Waals surface area (Å²) in [5, 5.41) is 21.0. The molecule has 20 heavy (non-hydrogen) atoms. The van der Waals surface area contributed by atoms with Crippen LogP contribution in [0.25, 0.3) is 0 Å². The fraction of sp³-hybridized carbons (Fsp3) is 0.533. The third-order valence-electron chi connectivity index (χ3n) is 4.20. The van der Waals surface area contributed by atoms with Gasteiger partial charge in [-0.1, -0.05) is 13.3 Å². The van der Waals surface area contributed by atoms with Crippen molar-refractivity contribution in [1.82, 2.24) is 0 Å². The summed E-state index contributed by atoms with van der Waals surface area (Å²) >= 11 is 0. The van der Waals surface area contributed by atoms with Crippen LogP contribution in [0.4, 0.5) is 5.69 Å². The van der Waals surface area contributed by atoms with Gasteiger partial charge in [0, 0.05) is 24.5 Å². The van der Waals surface area contributed by atoms with E-state index in [4.69, 9.17) is 0 Å². The summed E-state index contributed by atoms with van der Waals surface area (Å²) in [7, 11) is 0. The molecule has 0 bridgehead atoms. The summed E-state index contributed by atoms with van der Waals surface area (Å²) in [4.78, 5) is 22.1. The number of aliphatic hydroxyl groups excluding tert-OH is 1. The second-order valence-electron chi connectivity index (χ2n) is 5.41. The normalized spacial score (nSPS) is 24.4. The van der Waals surface area contributed by atoms with Gasteiger partial charge in [-0.25, -0.2) is 0 Å². The molecule has 5 nitrogen and oxygen atoms in total. The number of ketones is 1. The molecule has 1 fully saturated rings. The molecule has 0 unspecified atom stereocenters. The van der Waals surface area contributed by atoms with E-state index in [2.05, 4.69) is 6.92 Å². The van der Waals surface area contributed by atoms with Gasteiger partial charge in [0.1, 0.15) is 5.78 Å². The number of aliphatic hydroxyl groups is 1. The van der Waals surface area contributed by atoms with Crippen LogP contribution in [0.15, 0.2) is 24.3 Å². The molecule has 1 aromatic carbocycles. The number of nitrogens with zero attached hydrogens (tertiary/aromatic N) is 1. The highest BCUT2D eigenvalue weighted by molar-refractivity contribution is 5.82. The van der Waals surface area contributed by atoms with Crippen LogP contribution < -0.4 is 0 Å². The van der Waals surface area contributed by atoms with Gasteiger partial charge < -0.3 is 5.11 Å². The van der Waals surface area contributed by atoms with Crippen LogP contribution >= 0.6 is 0 Å². The van der Waals surface area contributed by atoms with Gasteiger partial charge in [0.2, 0.25) is 0 Å². The van der Waals surface area contributed by atoms with Gasteiger partial charge in [0.25, 0.3) is 5.69 Å². The molecule has 108 valence electrons. The second-order valence-corrected chi connectivity index (χ2v) is 5.41. The lowest BCUT2D eigenvalue weighted by atomic mass is 9.75. The van der Waals surface area contributed by atoms with Crippen molar-refractivity contribution < 1.29 is 14.8 Å². The Hall–Kier alpha value is -1.75. The SMILES string of the molecule is CC[C@H]1CCC(=O)[C@H]([C@@H](O)c2ccc([N+](=O)[O-])cc2)C1. The highest BCUT2D eigenvalue weighted by Gasteiger charge is 2.33. The van der Waals surface area contributed by atoms with Crippen molar-refractivity contribution in [1.29, 1.82) is 0 Å². The molecule has 0 radical (unpaired) electrons. The van der Waals surface area contributed by atoms with Gasteiger partial charge in [0.05, 0.1) is 11.0 Å². The van der Waals surface area contributed by atoms with Crippen LogP contribution in [0.3, 0.4) is 0 Å². The minimum absolute atomic E-state index is 0.0117. The summed E-state index contributed by atoms with van der Waals surface area (Å²) in [5.41, 5.74) is 0.563. The van der Waals surface area contributed by atoms with E-state index >= 15 is 0 Å². The molecule has 1 aliphatic carbocycles. The molecule has 1 saturated carbocycles.